The average Bonchev–Trinajstić information content (AvgIpc) is 2.95. The van der Waals surface area contributed by atoms with Crippen molar-refractivity contribution < 1.29 is 9.42 Å². The molecule has 19 heavy (non-hydrogen) atoms. The van der Waals surface area contributed by atoms with Gasteiger partial charge in [-0.2, -0.15) is 0 Å². The van der Waals surface area contributed by atoms with Crippen molar-refractivity contribution in [3.05, 3.63) is 5.69 Å². The summed E-state index contributed by atoms with van der Waals surface area (Å²) in [4.78, 5) is 12.2. The molecule has 104 valence electrons. The van der Waals surface area contributed by atoms with E-state index in [1.807, 2.05) is 0 Å². The fraction of sp³-hybridized carbons (Fsp3) is 0.769. The molecule has 0 aliphatic heterocycles. The van der Waals surface area contributed by atoms with E-state index >= 15 is 0 Å². The number of amides is 1. The van der Waals surface area contributed by atoms with Gasteiger partial charge in [-0.1, -0.05) is 20.8 Å². The summed E-state index contributed by atoms with van der Waals surface area (Å²) in [6.07, 6.45) is 3.60. The molecule has 6 heteroatoms. The first-order valence-electron chi connectivity index (χ1n) is 6.73. The number of carbonyl (C=O) groups is 1. The van der Waals surface area contributed by atoms with Gasteiger partial charge in [0.15, 0.2) is 0 Å². The summed E-state index contributed by atoms with van der Waals surface area (Å²) in [6, 6.07) is 0.141. The maximum atomic E-state index is 12.2. The number of anilines is 1. The number of hydrogen-bond donors (Lipinski definition) is 2. The Morgan fingerprint density at radius 1 is 1.42 bits per heavy atom. The SMILES string of the molecule is CC12CCC(C1)C(C)(C)C2NC(=O)c1nonc1N. The molecular formula is C13H20N4O2. The van der Waals surface area contributed by atoms with E-state index in [4.69, 9.17) is 5.73 Å². The van der Waals surface area contributed by atoms with Gasteiger partial charge in [0.05, 0.1) is 0 Å². The molecule has 1 amide bonds. The van der Waals surface area contributed by atoms with E-state index in [-0.39, 0.29) is 34.3 Å². The molecule has 3 atom stereocenters. The molecular weight excluding hydrogens is 244 g/mol. The Kier molecular flexibility index (Phi) is 2.43. The van der Waals surface area contributed by atoms with Crippen LogP contribution >= 0.6 is 0 Å². The van der Waals surface area contributed by atoms with E-state index in [2.05, 4.69) is 41.0 Å². The van der Waals surface area contributed by atoms with Crippen LogP contribution in [-0.2, 0) is 0 Å². The number of aromatic nitrogens is 2. The molecule has 2 aliphatic carbocycles. The van der Waals surface area contributed by atoms with Crippen molar-refractivity contribution in [3.63, 3.8) is 0 Å². The molecule has 0 saturated heterocycles. The third-order valence-electron chi connectivity index (χ3n) is 5.27. The molecule has 3 unspecified atom stereocenters. The second-order valence-electron chi connectivity index (χ2n) is 6.82. The lowest BCUT2D eigenvalue weighted by molar-refractivity contribution is 0.0729. The number of nitrogens with two attached hydrogens (primary N) is 1. The number of carbonyl (C=O) groups excluding carboxylic acids is 1. The van der Waals surface area contributed by atoms with Crippen molar-refractivity contribution in [2.24, 2.45) is 16.7 Å². The quantitative estimate of drug-likeness (QED) is 0.846. The van der Waals surface area contributed by atoms with Gasteiger partial charge >= 0.3 is 0 Å². The zero-order chi connectivity index (χ0) is 13.8. The number of rotatable bonds is 2. The molecule has 3 rings (SSSR count). The minimum Gasteiger partial charge on any atom is -0.379 e. The van der Waals surface area contributed by atoms with Crippen LogP contribution in [0.1, 0.15) is 50.5 Å². The fourth-order valence-corrected chi connectivity index (χ4v) is 4.21. The van der Waals surface area contributed by atoms with E-state index in [1.54, 1.807) is 0 Å². The largest absolute Gasteiger partial charge is 0.379 e. The van der Waals surface area contributed by atoms with E-state index in [0.717, 1.165) is 0 Å². The Hall–Kier alpha value is -1.59. The first-order chi connectivity index (χ1) is 8.84. The molecule has 6 nitrogen and oxygen atoms in total. The summed E-state index contributed by atoms with van der Waals surface area (Å²) in [5.74, 6) is 0.435. The number of nitrogens with one attached hydrogen (secondary N) is 1. The van der Waals surface area contributed by atoms with E-state index in [9.17, 15) is 4.79 Å². The van der Waals surface area contributed by atoms with Crippen molar-refractivity contribution in [1.29, 1.82) is 0 Å². The Morgan fingerprint density at radius 2 is 2.16 bits per heavy atom. The summed E-state index contributed by atoms with van der Waals surface area (Å²) in [5.41, 5.74) is 5.93. The summed E-state index contributed by atoms with van der Waals surface area (Å²) in [7, 11) is 0. The highest BCUT2D eigenvalue weighted by molar-refractivity contribution is 5.96. The van der Waals surface area contributed by atoms with Crippen molar-refractivity contribution in [3.8, 4) is 0 Å². The minimum absolute atomic E-state index is 0.0450. The Bertz CT molecular complexity index is 520. The predicted octanol–water partition coefficient (Wildman–Crippen LogP) is 1.60. The van der Waals surface area contributed by atoms with E-state index in [0.29, 0.717) is 5.92 Å². The normalized spacial score (nSPS) is 35.5. The van der Waals surface area contributed by atoms with Gasteiger partial charge in [0.25, 0.3) is 5.91 Å². The van der Waals surface area contributed by atoms with Crippen LogP contribution in [0.25, 0.3) is 0 Å². The second kappa shape index (κ2) is 3.71. The van der Waals surface area contributed by atoms with Crippen LogP contribution in [0.2, 0.25) is 0 Å². The monoisotopic (exact) mass is 264 g/mol. The van der Waals surface area contributed by atoms with Gasteiger partial charge in [-0.3, -0.25) is 4.79 Å². The topological polar surface area (TPSA) is 94.0 Å². The van der Waals surface area contributed by atoms with Gasteiger partial charge in [-0.05, 0) is 46.3 Å². The molecule has 2 bridgehead atoms. The van der Waals surface area contributed by atoms with Crippen molar-refractivity contribution in [2.45, 2.75) is 46.1 Å². The standard InChI is InChI=1S/C13H20N4O2/c1-12(2)7-4-5-13(3,6-7)11(12)15-10(18)8-9(14)17-19-16-8/h7,11H,4-6H2,1-3H3,(H2,14,17)(H,15,18). The Labute approximate surface area is 112 Å². The zero-order valence-electron chi connectivity index (χ0n) is 11.6. The van der Waals surface area contributed by atoms with Crippen LogP contribution in [0.15, 0.2) is 4.63 Å². The van der Waals surface area contributed by atoms with Crippen LogP contribution in [0.3, 0.4) is 0 Å². The lowest BCUT2D eigenvalue weighted by Crippen LogP contribution is -2.52. The predicted molar refractivity (Wildman–Crippen MR) is 69.2 cm³/mol. The van der Waals surface area contributed by atoms with Gasteiger partial charge in [-0.15, -0.1) is 0 Å². The molecule has 2 fully saturated rings. The highest BCUT2D eigenvalue weighted by atomic mass is 16.6. The van der Waals surface area contributed by atoms with E-state index < -0.39 is 0 Å². The van der Waals surface area contributed by atoms with Gasteiger partial charge in [-0.25, -0.2) is 4.63 Å². The summed E-state index contributed by atoms with van der Waals surface area (Å²) >= 11 is 0. The van der Waals surface area contributed by atoms with Gasteiger partial charge in [0.2, 0.25) is 11.5 Å². The maximum absolute atomic E-state index is 12.2. The van der Waals surface area contributed by atoms with Crippen LogP contribution in [0.5, 0.6) is 0 Å². The molecule has 0 aromatic carbocycles. The highest BCUT2D eigenvalue weighted by Gasteiger charge is 2.59. The second-order valence-corrected chi connectivity index (χ2v) is 6.82. The summed E-state index contributed by atoms with van der Waals surface area (Å²) < 4.78 is 4.48. The van der Waals surface area contributed by atoms with Crippen LogP contribution in [-0.4, -0.2) is 22.3 Å². The Balaban J connectivity index is 1.84. The third kappa shape index (κ3) is 1.65. The van der Waals surface area contributed by atoms with Crippen molar-refractivity contribution in [1.82, 2.24) is 15.6 Å². The van der Waals surface area contributed by atoms with Crippen molar-refractivity contribution >= 4 is 11.7 Å². The van der Waals surface area contributed by atoms with Crippen LogP contribution in [0.4, 0.5) is 5.82 Å². The molecule has 1 heterocycles. The lowest BCUT2D eigenvalue weighted by atomic mass is 9.68. The minimum atomic E-state index is -0.286. The maximum Gasteiger partial charge on any atom is 0.277 e. The van der Waals surface area contributed by atoms with Crippen LogP contribution in [0, 0.1) is 16.7 Å². The smallest absolute Gasteiger partial charge is 0.277 e. The van der Waals surface area contributed by atoms with Gasteiger partial charge in [0.1, 0.15) is 0 Å². The molecule has 2 aliphatic rings. The summed E-state index contributed by atoms with van der Waals surface area (Å²) in [5, 5.41) is 10.1. The first-order valence-corrected chi connectivity index (χ1v) is 6.73. The fourth-order valence-electron chi connectivity index (χ4n) is 4.21. The molecule has 3 N–H and O–H groups in total. The van der Waals surface area contributed by atoms with Gasteiger partial charge in [0, 0.05) is 6.04 Å². The molecule has 2 saturated carbocycles. The molecule has 1 aromatic rings. The first kappa shape index (κ1) is 12.4. The number of nitrogen functional groups attached to an aromatic ring is 1. The lowest BCUT2D eigenvalue weighted by Gasteiger charge is -2.42. The Morgan fingerprint density at radius 3 is 2.68 bits per heavy atom. The number of nitrogens with zero attached hydrogens (tertiary/aromatic N) is 2. The highest BCUT2D eigenvalue weighted by Crippen LogP contribution is 2.62. The molecule has 0 spiro atoms. The third-order valence-corrected chi connectivity index (χ3v) is 5.27. The number of fused-ring (bicyclic) bond motifs is 2. The zero-order valence-corrected chi connectivity index (χ0v) is 11.6. The van der Waals surface area contributed by atoms with Gasteiger partial charge < -0.3 is 11.1 Å². The molecule has 0 radical (unpaired) electrons. The van der Waals surface area contributed by atoms with Crippen LogP contribution < -0.4 is 11.1 Å². The summed E-state index contributed by atoms with van der Waals surface area (Å²) in [6.45, 7) is 6.73. The number of hydrogen-bond acceptors (Lipinski definition) is 5. The van der Waals surface area contributed by atoms with Crippen molar-refractivity contribution in [2.75, 3.05) is 5.73 Å². The average molecular weight is 264 g/mol. The van der Waals surface area contributed by atoms with E-state index in [1.165, 1.54) is 19.3 Å². The molecule has 1 aromatic heterocycles.